The molecular formula is C21H24ClF3N6O. The van der Waals surface area contributed by atoms with Gasteiger partial charge >= 0.3 is 12.2 Å². The highest BCUT2D eigenvalue weighted by atomic mass is 35.5. The molecule has 2 aliphatic rings. The van der Waals surface area contributed by atoms with Crippen LogP contribution in [0.25, 0.3) is 0 Å². The average molecular weight is 469 g/mol. The number of aromatic nitrogens is 2. The first-order chi connectivity index (χ1) is 15.2. The Balaban J connectivity index is 1.52. The molecule has 1 fully saturated rings. The molecule has 2 aliphatic heterocycles. The minimum atomic E-state index is -4.42. The van der Waals surface area contributed by atoms with Crippen molar-refractivity contribution in [1.29, 1.82) is 0 Å². The number of anilines is 1. The van der Waals surface area contributed by atoms with Crippen LogP contribution in [0.15, 0.2) is 24.3 Å². The van der Waals surface area contributed by atoms with E-state index in [2.05, 4.69) is 20.6 Å². The second-order valence-corrected chi connectivity index (χ2v) is 8.32. The van der Waals surface area contributed by atoms with Gasteiger partial charge in [-0.25, -0.2) is 14.8 Å². The quantitative estimate of drug-likeness (QED) is 0.665. The molecule has 32 heavy (non-hydrogen) atoms. The van der Waals surface area contributed by atoms with Gasteiger partial charge in [0.15, 0.2) is 0 Å². The molecule has 2 amide bonds. The lowest BCUT2D eigenvalue weighted by Gasteiger charge is -2.26. The molecule has 1 aromatic heterocycles. The van der Waals surface area contributed by atoms with E-state index >= 15 is 0 Å². The number of halogens is 4. The van der Waals surface area contributed by atoms with E-state index in [0.717, 1.165) is 37.2 Å². The van der Waals surface area contributed by atoms with Gasteiger partial charge in [-0.15, -0.1) is 0 Å². The normalized spacial score (nSPS) is 17.7. The second-order valence-electron chi connectivity index (χ2n) is 7.98. The van der Waals surface area contributed by atoms with Crippen molar-refractivity contribution < 1.29 is 18.0 Å². The van der Waals surface area contributed by atoms with Gasteiger partial charge in [0, 0.05) is 31.2 Å². The van der Waals surface area contributed by atoms with E-state index < -0.39 is 17.8 Å². The van der Waals surface area contributed by atoms with Crippen LogP contribution in [0.5, 0.6) is 0 Å². The standard InChI is InChI=1S/C21H24ClF3N6O/c1-13(14-4-2-5-15(10-14)21(23,24)25)27-18-16-11-31(12-17(16)28-19(22)29-18)20(32)30-8-3-6-26-7-9-30/h2,4-5,10,13,26H,3,6-9,11-12H2,1H3,(H,27,28,29)/t13-/m1/s1. The number of hydrogen-bond acceptors (Lipinski definition) is 5. The molecule has 0 unspecified atom stereocenters. The lowest BCUT2D eigenvalue weighted by atomic mass is 10.0. The third-order valence-corrected chi connectivity index (χ3v) is 5.87. The van der Waals surface area contributed by atoms with Crippen molar-refractivity contribution in [1.82, 2.24) is 25.1 Å². The van der Waals surface area contributed by atoms with Crippen LogP contribution in [0.2, 0.25) is 5.28 Å². The van der Waals surface area contributed by atoms with Gasteiger partial charge in [0.2, 0.25) is 5.28 Å². The predicted molar refractivity (Wildman–Crippen MR) is 114 cm³/mol. The molecule has 11 heteroatoms. The van der Waals surface area contributed by atoms with Crippen LogP contribution in [0.4, 0.5) is 23.8 Å². The van der Waals surface area contributed by atoms with Crippen molar-refractivity contribution in [2.24, 2.45) is 0 Å². The summed E-state index contributed by atoms with van der Waals surface area (Å²) in [4.78, 5) is 25.1. The highest BCUT2D eigenvalue weighted by Gasteiger charge is 2.33. The van der Waals surface area contributed by atoms with Gasteiger partial charge in [0.05, 0.1) is 24.3 Å². The van der Waals surface area contributed by atoms with E-state index in [4.69, 9.17) is 11.6 Å². The monoisotopic (exact) mass is 468 g/mol. The van der Waals surface area contributed by atoms with E-state index in [0.29, 0.717) is 43.3 Å². The van der Waals surface area contributed by atoms with E-state index in [1.807, 2.05) is 4.90 Å². The zero-order valence-corrected chi connectivity index (χ0v) is 18.3. The third kappa shape index (κ3) is 4.91. The molecule has 2 N–H and O–H groups in total. The summed E-state index contributed by atoms with van der Waals surface area (Å²) in [6, 6.07) is 4.62. The first kappa shape index (κ1) is 22.6. The molecule has 172 valence electrons. The molecule has 0 spiro atoms. The molecule has 0 bridgehead atoms. The highest BCUT2D eigenvalue weighted by molar-refractivity contribution is 6.28. The summed E-state index contributed by atoms with van der Waals surface area (Å²) in [5.74, 6) is 0.428. The molecule has 1 saturated heterocycles. The van der Waals surface area contributed by atoms with Crippen molar-refractivity contribution >= 4 is 23.4 Å². The summed E-state index contributed by atoms with van der Waals surface area (Å²) in [6.07, 6.45) is -3.53. The Bertz CT molecular complexity index is 994. The Kier molecular flexibility index (Phi) is 6.43. The Morgan fingerprint density at radius 1 is 1.19 bits per heavy atom. The van der Waals surface area contributed by atoms with Gasteiger partial charge in [0.1, 0.15) is 5.82 Å². The van der Waals surface area contributed by atoms with Crippen LogP contribution in [-0.2, 0) is 19.3 Å². The predicted octanol–water partition coefficient (Wildman–Crippen LogP) is 4.05. The van der Waals surface area contributed by atoms with Gasteiger partial charge in [-0.05, 0) is 49.2 Å². The summed E-state index contributed by atoms with van der Waals surface area (Å²) in [5, 5.41) is 6.46. The van der Waals surface area contributed by atoms with Crippen LogP contribution >= 0.6 is 11.6 Å². The van der Waals surface area contributed by atoms with Crippen LogP contribution < -0.4 is 10.6 Å². The van der Waals surface area contributed by atoms with Crippen molar-refractivity contribution in [3.05, 3.63) is 51.9 Å². The summed E-state index contributed by atoms with van der Waals surface area (Å²) >= 11 is 6.11. The maximum Gasteiger partial charge on any atom is 0.416 e. The van der Waals surface area contributed by atoms with E-state index in [-0.39, 0.29) is 11.3 Å². The molecule has 3 heterocycles. The number of carbonyl (C=O) groups excluding carboxylic acids is 1. The smallest absolute Gasteiger partial charge is 0.363 e. The number of rotatable bonds is 3. The van der Waals surface area contributed by atoms with Gasteiger partial charge in [-0.1, -0.05) is 12.1 Å². The fourth-order valence-corrected chi connectivity index (χ4v) is 4.18. The van der Waals surface area contributed by atoms with Crippen LogP contribution in [0.1, 0.15) is 41.8 Å². The van der Waals surface area contributed by atoms with Gasteiger partial charge in [-0.2, -0.15) is 13.2 Å². The molecule has 1 atom stereocenters. The lowest BCUT2D eigenvalue weighted by molar-refractivity contribution is -0.137. The minimum Gasteiger partial charge on any atom is -0.363 e. The molecule has 0 radical (unpaired) electrons. The number of alkyl halides is 3. The molecular weight excluding hydrogens is 445 g/mol. The van der Waals surface area contributed by atoms with Crippen molar-refractivity contribution in [2.45, 2.75) is 38.7 Å². The van der Waals surface area contributed by atoms with Gasteiger partial charge in [-0.3, -0.25) is 0 Å². The van der Waals surface area contributed by atoms with Crippen LogP contribution in [-0.4, -0.2) is 52.0 Å². The number of benzene rings is 1. The van der Waals surface area contributed by atoms with Crippen molar-refractivity contribution in [3.63, 3.8) is 0 Å². The first-order valence-electron chi connectivity index (χ1n) is 10.5. The van der Waals surface area contributed by atoms with Crippen molar-refractivity contribution in [2.75, 3.05) is 31.5 Å². The highest BCUT2D eigenvalue weighted by Crippen LogP contribution is 2.33. The molecule has 4 rings (SSSR count). The second kappa shape index (κ2) is 9.11. The number of amides is 2. The Morgan fingerprint density at radius 2 is 2.00 bits per heavy atom. The van der Waals surface area contributed by atoms with Gasteiger partial charge in [0.25, 0.3) is 0 Å². The Hall–Kier alpha value is -2.59. The van der Waals surface area contributed by atoms with Crippen molar-refractivity contribution in [3.8, 4) is 0 Å². The summed E-state index contributed by atoms with van der Waals surface area (Å²) in [5.41, 5.74) is 1.13. The molecule has 0 saturated carbocycles. The SMILES string of the molecule is C[C@@H](Nc1nc(Cl)nc2c1CN(C(=O)N1CCCNCC1)C2)c1cccc(C(F)(F)F)c1. The minimum absolute atomic E-state index is 0.0239. The first-order valence-corrected chi connectivity index (χ1v) is 10.8. The van der Waals surface area contributed by atoms with Gasteiger partial charge < -0.3 is 20.4 Å². The molecule has 0 aliphatic carbocycles. The summed E-state index contributed by atoms with van der Waals surface area (Å²) < 4.78 is 39.3. The van der Waals surface area contributed by atoms with Crippen LogP contribution in [0, 0.1) is 0 Å². The Morgan fingerprint density at radius 3 is 2.78 bits per heavy atom. The molecule has 7 nitrogen and oxygen atoms in total. The molecule has 2 aromatic rings. The van der Waals surface area contributed by atoms with E-state index in [1.54, 1.807) is 17.9 Å². The third-order valence-electron chi connectivity index (χ3n) is 5.70. The maximum absolute atomic E-state index is 13.1. The zero-order valence-electron chi connectivity index (χ0n) is 17.5. The summed E-state index contributed by atoms with van der Waals surface area (Å²) in [7, 11) is 0. The average Bonchev–Trinajstić information content (AvgIpc) is 2.99. The molecule has 1 aromatic carbocycles. The number of hydrogen-bond donors (Lipinski definition) is 2. The number of fused-ring (bicyclic) bond motifs is 1. The van der Waals surface area contributed by atoms with E-state index in [1.165, 1.54) is 6.07 Å². The maximum atomic E-state index is 13.1. The number of urea groups is 1. The van der Waals surface area contributed by atoms with E-state index in [9.17, 15) is 18.0 Å². The largest absolute Gasteiger partial charge is 0.416 e. The number of nitrogens with one attached hydrogen (secondary N) is 2. The van der Waals surface area contributed by atoms with Crippen LogP contribution in [0.3, 0.4) is 0 Å². The fraction of sp³-hybridized carbons (Fsp3) is 0.476. The zero-order chi connectivity index (χ0) is 22.9. The summed E-state index contributed by atoms with van der Waals surface area (Å²) in [6.45, 7) is 5.32. The Labute approximate surface area is 189 Å². The number of nitrogens with zero attached hydrogens (tertiary/aromatic N) is 4. The fourth-order valence-electron chi connectivity index (χ4n) is 3.99. The lowest BCUT2D eigenvalue weighted by Crippen LogP contribution is -2.42. The topological polar surface area (TPSA) is 73.4 Å². The number of carbonyl (C=O) groups is 1.